The SMILES string of the molecule is Cc1ccc(C2=NN3[C@H](C(=O)c4ccc(Br)cc4)Oc4ccc(Br)cc4[C@@H]3C2)cc1. The molecule has 150 valence electrons. The Morgan fingerprint density at radius 1 is 1.00 bits per heavy atom. The predicted octanol–water partition coefficient (Wildman–Crippen LogP) is 6.27. The van der Waals surface area contributed by atoms with Gasteiger partial charge in [0.15, 0.2) is 0 Å². The van der Waals surface area contributed by atoms with Crippen LogP contribution < -0.4 is 4.74 Å². The monoisotopic (exact) mass is 524 g/mol. The van der Waals surface area contributed by atoms with Gasteiger partial charge in [-0.1, -0.05) is 73.8 Å². The highest BCUT2D eigenvalue weighted by Crippen LogP contribution is 2.44. The number of hydrazone groups is 1. The second-order valence-corrected chi connectivity index (χ2v) is 9.37. The molecule has 30 heavy (non-hydrogen) atoms. The van der Waals surface area contributed by atoms with E-state index in [9.17, 15) is 4.79 Å². The Hall–Kier alpha value is -2.44. The van der Waals surface area contributed by atoms with Crippen LogP contribution in [0.4, 0.5) is 0 Å². The van der Waals surface area contributed by atoms with Crippen molar-refractivity contribution in [3.8, 4) is 5.75 Å². The van der Waals surface area contributed by atoms with E-state index in [1.165, 1.54) is 5.56 Å². The molecule has 0 N–H and O–H groups in total. The largest absolute Gasteiger partial charge is 0.461 e. The number of nitrogens with zero attached hydrogens (tertiary/aromatic N) is 2. The minimum Gasteiger partial charge on any atom is -0.461 e. The third kappa shape index (κ3) is 3.48. The number of Topliss-reactive ketones (excluding diaryl/α,β-unsaturated/α-hetero) is 1. The third-order valence-corrected chi connectivity index (χ3v) is 6.51. The van der Waals surface area contributed by atoms with Crippen molar-refractivity contribution in [1.82, 2.24) is 5.01 Å². The fourth-order valence-electron chi connectivity index (χ4n) is 3.91. The van der Waals surface area contributed by atoms with Gasteiger partial charge in [-0.25, -0.2) is 5.01 Å². The first-order valence-corrected chi connectivity index (χ1v) is 11.3. The van der Waals surface area contributed by atoms with Gasteiger partial charge >= 0.3 is 0 Å². The summed E-state index contributed by atoms with van der Waals surface area (Å²) in [6, 6.07) is 21.5. The van der Waals surface area contributed by atoms with Crippen LogP contribution in [0.5, 0.6) is 5.75 Å². The molecule has 3 aromatic carbocycles. The lowest BCUT2D eigenvalue weighted by Gasteiger charge is -2.37. The number of halogens is 2. The molecule has 6 heteroatoms. The van der Waals surface area contributed by atoms with E-state index in [2.05, 4.69) is 69.1 Å². The molecule has 2 aliphatic rings. The number of rotatable bonds is 3. The Labute approximate surface area is 191 Å². The van der Waals surface area contributed by atoms with E-state index in [-0.39, 0.29) is 11.8 Å². The molecular weight excluding hydrogens is 508 g/mol. The highest BCUT2D eigenvalue weighted by molar-refractivity contribution is 9.10. The summed E-state index contributed by atoms with van der Waals surface area (Å²) in [5.74, 6) is 0.630. The van der Waals surface area contributed by atoms with Gasteiger partial charge in [-0.3, -0.25) is 4.79 Å². The quantitative estimate of drug-likeness (QED) is 0.378. The van der Waals surface area contributed by atoms with Gasteiger partial charge in [0, 0.05) is 26.5 Å². The van der Waals surface area contributed by atoms with Crippen LogP contribution in [0.3, 0.4) is 0 Å². The molecule has 0 saturated carbocycles. The summed E-state index contributed by atoms with van der Waals surface area (Å²) in [7, 11) is 0. The number of carbonyl (C=O) groups is 1. The van der Waals surface area contributed by atoms with Crippen molar-refractivity contribution in [2.45, 2.75) is 25.6 Å². The molecule has 0 saturated heterocycles. The molecule has 0 aromatic heterocycles. The average molecular weight is 526 g/mol. The fourth-order valence-corrected chi connectivity index (χ4v) is 4.55. The lowest BCUT2D eigenvalue weighted by Crippen LogP contribution is -2.45. The molecule has 0 spiro atoms. The summed E-state index contributed by atoms with van der Waals surface area (Å²) >= 11 is 6.98. The van der Waals surface area contributed by atoms with Crippen LogP contribution in [-0.2, 0) is 0 Å². The molecular formula is C24H18Br2N2O2. The average Bonchev–Trinajstić information content (AvgIpc) is 3.19. The summed E-state index contributed by atoms with van der Waals surface area (Å²) in [4.78, 5) is 13.4. The van der Waals surface area contributed by atoms with Crippen LogP contribution in [0.15, 0.2) is 80.8 Å². The van der Waals surface area contributed by atoms with Gasteiger partial charge in [0.25, 0.3) is 6.23 Å². The maximum Gasteiger partial charge on any atom is 0.251 e. The van der Waals surface area contributed by atoms with E-state index in [4.69, 9.17) is 9.84 Å². The van der Waals surface area contributed by atoms with Crippen molar-refractivity contribution in [3.63, 3.8) is 0 Å². The Morgan fingerprint density at radius 2 is 1.70 bits per heavy atom. The number of aryl methyl sites for hydroxylation is 1. The summed E-state index contributed by atoms with van der Waals surface area (Å²) < 4.78 is 8.09. The van der Waals surface area contributed by atoms with E-state index >= 15 is 0 Å². The van der Waals surface area contributed by atoms with Gasteiger partial charge in [0.2, 0.25) is 5.78 Å². The lowest BCUT2D eigenvalue weighted by molar-refractivity contribution is -0.00459. The van der Waals surface area contributed by atoms with Gasteiger partial charge in [0.1, 0.15) is 5.75 Å². The molecule has 0 radical (unpaired) electrons. The molecule has 0 fully saturated rings. The van der Waals surface area contributed by atoms with Crippen molar-refractivity contribution in [2.75, 3.05) is 0 Å². The zero-order valence-corrected chi connectivity index (χ0v) is 19.4. The van der Waals surface area contributed by atoms with Gasteiger partial charge in [-0.05, 0) is 42.8 Å². The van der Waals surface area contributed by atoms with E-state index in [0.717, 1.165) is 38.0 Å². The second kappa shape index (κ2) is 7.67. The van der Waals surface area contributed by atoms with Gasteiger partial charge < -0.3 is 4.74 Å². The van der Waals surface area contributed by atoms with Crippen LogP contribution in [-0.4, -0.2) is 22.7 Å². The fraction of sp³-hybridized carbons (Fsp3) is 0.167. The van der Waals surface area contributed by atoms with Crippen molar-refractivity contribution in [3.05, 3.63) is 97.9 Å². The summed E-state index contributed by atoms with van der Waals surface area (Å²) in [6.07, 6.45) is -0.0761. The van der Waals surface area contributed by atoms with Crippen LogP contribution in [0.2, 0.25) is 0 Å². The van der Waals surface area contributed by atoms with Crippen molar-refractivity contribution in [1.29, 1.82) is 0 Å². The third-order valence-electron chi connectivity index (χ3n) is 5.49. The zero-order chi connectivity index (χ0) is 20.8. The molecule has 2 heterocycles. The van der Waals surface area contributed by atoms with E-state index in [1.54, 1.807) is 0 Å². The Balaban J connectivity index is 1.57. The predicted molar refractivity (Wildman–Crippen MR) is 124 cm³/mol. The smallest absolute Gasteiger partial charge is 0.251 e. The first kappa shape index (κ1) is 19.5. The van der Waals surface area contributed by atoms with Crippen molar-refractivity contribution >= 4 is 43.4 Å². The second-order valence-electron chi connectivity index (χ2n) is 7.54. The maximum atomic E-state index is 13.4. The Kier molecular flexibility index (Phi) is 4.99. The first-order valence-electron chi connectivity index (χ1n) is 9.68. The van der Waals surface area contributed by atoms with E-state index < -0.39 is 6.23 Å². The molecule has 0 unspecified atom stereocenters. The van der Waals surface area contributed by atoms with Crippen molar-refractivity contribution < 1.29 is 9.53 Å². The number of carbonyl (C=O) groups excluding carboxylic acids is 1. The van der Waals surface area contributed by atoms with Crippen LogP contribution >= 0.6 is 31.9 Å². The molecule has 4 nitrogen and oxygen atoms in total. The minimum absolute atomic E-state index is 0.0491. The Morgan fingerprint density at radius 3 is 2.43 bits per heavy atom. The summed E-state index contributed by atoms with van der Waals surface area (Å²) in [5.41, 5.74) is 4.87. The number of fused-ring (bicyclic) bond motifs is 3. The lowest BCUT2D eigenvalue weighted by atomic mass is 9.95. The summed E-state index contributed by atoms with van der Waals surface area (Å²) in [6.45, 7) is 2.07. The topological polar surface area (TPSA) is 41.9 Å². The maximum absolute atomic E-state index is 13.4. The zero-order valence-electron chi connectivity index (χ0n) is 16.2. The van der Waals surface area contributed by atoms with Crippen LogP contribution in [0.1, 0.15) is 39.5 Å². The summed E-state index contributed by atoms with van der Waals surface area (Å²) in [5, 5.41) is 6.69. The number of benzene rings is 3. The van der Waals surface area contributed by atoms with E-state index in [1.807, 2.05) is 41.4 Å². The molecule has 5 rings (SSSR count). The highest BCUT2D eigenvalue weighted by atomic mass is 79.9. The van der Waals surface area contributed by atoms with Crippen molar-refractivity contribution in [2.24, 2.45) is 5.10 Å². The number of hydrogen-bond donors (Lipinski definition) is 0. The molecule has 3 aromatic rings. The standard InChI is InChI=1S/C24H18Br2N2O2/c1-14-2-4-15(5-3-14)20-13-21-19-12-18(26)10-11-22(19)30-24(28(21)27-20)23(29)16-6-8-17(25)9-7-16/h2-12,21,24H,13H2,1H3/t21-,24-/m0/s1. The normalized spacial score (nSPS) is 19.6. The molecule has 0 amide bonds. The molecule has 2 aliphatic heterocycles. The van der Waals surface area contributed by atoms with Gasteiger partial charge in [-0.15, -0.1) is 0 Å². The van der Waals surface area contributed by atoms with Crippen LogP contribution in [0, 0.1) is 6.92 Å². The van der Waals surface area contributed by atoms with Gasteiger partial charge in [0.05, 0.1) is 11.8 Å². The first-order chi connectivity index (χ1) is 14.5. The highest BCUT2D eigenvalue weighted by Gasteiger charge is 2.43. The number of ketones is 1. The van der Waals surface area contributed by atoms with E-state index in [0.29, 0.717) is 5.56 Å². The molecule has 2 atom stereocenters. The minimum atomic E-state index is -0.798. The van der Waals surface area contributed by atoms with Crippen LogP contribution in [0.25, 0.3) is 0 Å². The Bertz CT molecular complexity index is 1160. The number of ether oxygens (including phenoxy) is 1. The number of hydrogen-bond acceptors (Lipinski definition) is 4. The van der Waals surface area contributed by atoms with Gasteiger partial charge in [-0.2, -0.15) is 5.10 Å². The molecule has 0 aliphatic carbocycles. The molecule has 0 bridgehead atoms.